The average Bonchev–Trinajstić information content (AvgIpc) is 2.37. The number of urea groups is 1. The largest absolute Gasteiger partial charge is 0.393 e. The molecule has 0 aliphatic carbocycles. The Balaban J connectivity index is 2.42. The molecule has 18 heavy (non-hydrogen) atoms. The molecule has 0 bridgehead atoms. The van der Waals surface area contributed by atoms with Crippen molar-refractivity contribution in [2.24, 2.45) is 5.92 Å². The summed E-state index contributed by atoms with van der Waals surface area (Å²) in [5.74, 6) is 0.0281. The minimum atomic E-state index is -0.481. The van der Waals surface area contributed by atoms with Gasteiger partial charge in [0.25, 0.3) is 0 Å². The zero-order valence-corrected chi connectivity index (χ0v) is 11.3. The smallest absolute Gasteiger partial charge is 0.321 e. The van der Waals surface area contributed by atoms with Crippen LogP contribution in [0.1, 0.15) is 26.7 Å². The Kier molecular flexibility index (Phi) is 5.55. The van der Waals surface area contributed by atoms with E-state index < -0.39 is 6.03 Å². The number of imide groups is 1. The minimum absolute atomic E-state index is 0.287. The van der Waals surface area contributed by atoms with Crippen LogP contribution in [0, 0.1) is 5.92 Å². The second-order valence-electron chi connectivity index (χ2n) is 4.86. The second kappa shape index (κ2) is 6.70. The first-order valence-corrected chi connectivity index (χ1v) is 6.40. The number of amides is 3. The van der Waals surface area contributed by atoms with Gasteiger partial charge in [0.15, 0.2) is 0 Å². The van der Waals surface area contributed by atoms with E-state index in [9.17, 15) is 14.7 Å². The molecular weight excluding hydrogens is 234 g/mol. The summed E-state index contributed by atoms with van der Waals surface area (Å²) in [6.07, 6.45) is 1.48. The van der Waals surface area contributed by atoms with E-state index in [4.69, 9.17) is 0 Å². The van der Waals surface area contributed by atoms with Gasteiger partial charge < -0.3 is 10.4 Å². The SMILES string of the molecule is CNC(=O)NC(=O)[C@@H](C)N1CCC([C@@H](C)O)CC1. The van der Waals surface area contributed by atoms with Gasteiger partial charge in [-0.3, -0.25) is 15.0 Å². The van der Waals surface area contributed by atoms with Gasteiger partial charge in [-0.15, -0.1) is 0 Å². The van der Waals surface area contributed by atoms with Crippen molar-refractivity contribution in [3.63, 3.8) is 0 Å². The molecule has 2 atom stereocenters. The van der Waals surface area contributed by atoms with Crippen molar-refractivity contribution in [2.75, 3.05) is 20.1 Å². The number of rotatable bonds is 3. The Bertz CT molecular complexity index is 299. The lowest BCUT2D eigenvalue weighted by atomic mass is 9.91. The van der Waals surface area contributed by atoms with Gasteiger partial charge in [0.1, 0.15) is 0 Å². The van der Waals surface area contributed by atoms with Crippen LogP contribution in [0.15, 0.2) is 0 Å². The third kappa shape index (κ3) is 3.96. The molecule has 1 fully saturated rings. The monoisotopic (exact) mass is 257 g/mol. The predicted molar refractivity (Wildman–Crippen MR) is 68.0 cm³/mol. The summed E-state index contributed by atoms with van der Waals surface area (Å²) in [7, 11) is 1.47. The summed E-state index contributed by atoms with van der Waals surface area (Å²) in [5.41, 5.74) is 0. The summed E-state index contributed by atoms with van der Waals surface area (Å²) in [6.45, 7) is 5.15. The molecule has 1 saturated heterocycles. The van der Waals surface area contributed by atoms with Gasteiger partial charge in [0, 0.05) is 7.05 Å². The highest BCUT2D eigenvalue weighted by molar-refractivity contribution is 5.96. The van der Waals surface area contributed by atoms with E-state index in [2.05, 4.69) is 10.6 Å². The van der Waals surface area contributed by atoms with Crippen LogP contribution in [0.4, 0.5) is 4.79 Å². The Morgan fingerprint density at radius 3 is 2.28 bits per heavy atom. The normalized spacial score (nSPS) is 21.1. The number of piperidine rings is 1. The Labute approximate surface area is 108 Å². The molecule has 0 spiro atoms. The van der Waals surface area contributed by atoms with Crippen LogP contribution in [0.5, 0.6) is 0 Å². The highest BCUT2D eigenvalue weighted by atomic mass is 16.3. The van der Waals surface area contributed by atoms with Crippen LogP contribution in [-0.4, -0.2) is 54.2 Å². The topological polar surface area (TPSA) is 81.7 Å². The number of aliphatic hydroxyl groups is 1. The fraction of sp³-hybridized carbons (Fsp3) is 0.833. The van der Waals surface area contributed by atoms with Gasteiger partial charge in [-0.05, 0) is 45.7 Å². The third-order valence-electron chi connectivity index (χ3n) is 3.65. The summed E-state index contributed by atoms with van der Waals surface area (Å²) in [4.78, 5) is 24.9. The van der Waals surface area contributed by atoms with Crippen molar-refractivity contribution >= 4 is 11.9 Å². The maximum Gasteiger partial charge on any atom is 0.321 e. The molecule has 3 N–H and O–H groups in total. The number of likely N-dealkylation sites (tertiary alicyclic amines) is 1. The van der Waals surface area contributed by atoms with Gasteiger partial charge in [0.05, 0.1) is 12.1 Å². The van der Waals surface area contributed by atoms with Crippen molar-refractivity contribution < 1.29 is 14.7 Å². The Hall–Kier alpha value is -1.14. The molecule has 3 amide bonds. The number of hydrogen-bond donors (Lipinski definition) is 3. The number of carbonyl (C=O) groups is 2. The quantitative estimate of drug-likeness (QED) is 0.660. The van der Waals surface area contributed by atoms with Gasteiger partial charge in [-0.2, -0.15) is 0 Å². The summed E-state index contributed by atoms with van der Waals surface area (Å²) >= 11 is 0. The number of hydrogen-bond acceptors (Lipinski definition) is 4. The zero-order chi connectivity index (χ0) is 13.7. The predicted octanol–water partition coefficient (Wildman–Crippen LogP) is -0.0767. The molecule has 6 nitrogen and oxygen atoms in total. The number of nitrogens with zero attached hydrogens (tertiary/aromatic N) is 1. The van der Waals surface area contributed by atoms with Gasteiger partial charge in [0.2, 0.25) is 5.91 Å². The minimum Gasteiger partial charge on any atom is -0.393 e. The Morgan fingerprint density at radius 2 is 1.83 bits per heavy atom. The maximum atomic E-state index is 11.8. The van der Waals surface area contributed by atoms with Crippen molar-refractivity contribution in [1.29, 1.82) is 0 Å². The zero-order valence-electron chi connectivity index (χ0n) is 11.3. The first kappa shape index (κ1) is 14.9. The molecule has 0 aromatic rings. The molecule has 0 unspecified atom stereocenters. The Morgan fingerprint density at radius 1 is 1.28 bits per heavy atom. The molecule has 1 heterocycles. The van der Waals surface area contributed by atoms with Crippen LogP contribution in [0.2, 0.25) is 0 Å². The van der Waals surface area contributed by atoms with E-state index in [1.165, 1.54) is 7.05 Å². The van der Waals surface area contributed by atoms with Crippen LogP contribution >= 0.6 is 0 Å². The molecule has 0 saturated carbocycles. The fourth-order valence-corrected chi connectivity index (χ4v) is 2.23. The molecule has 0 aromatic carbocycles. The standard InChI is InChI=1S/C12H23N3O3/c1-8(11(17)14-12(18)13-3)15-6-4-10(5-7-15)9(2)16/h8-10,16H,4-7H2,1-3H3,(H2,13,14,17,18)/t8-,9-/m1/s1. The van der Waals surface area contributed by atoms with E-state index in [1.54, 1.807) is 6.92 Å². The van der Waals surface area contributed by atoms with Gasteiger partial charge in [-0.25, -0.2) is 4.79 Å². The molecule has 6 heteroatoms. The van der Waals surface area contributed by atoms with Crippen molar-refractivity contribution in [3.8, 4) is 0 Å². The van der Waals surface area contributed by atoms with Crippen molar-refractivity contribution in [2.45, 2.75) is 38.8 Å². The third-order valence-corrected chi connectivity index (χ3v) is 3.65. The van der Waals surface area contributed by atoms with Crippen LogP contribution in [0.25, 0.3) is 0 Å². The van der Waals surface area contributed by atoms with E-state index in [0.717, 1.165) is 25.9 Å². The van der Waals surface area contributed by atoms with Gasteiger partial charge >= 0.3 is 6.03 Å². The van der Waals surface area contributed by atoms with E-state index >= 15 is 0 Å². The molecule has 0 radical (unpaired) electrons. The average molecular weight is 257 g/mol. The summed E-state index contributed by atoms with van der Waals surface area (Å²) < 4.78 is 0. The van der Waals surface area contributed by atoms with Gasteiger partial charge in [-0.1, -0.05) is 0 Å². The van der Waals surface area contributed by atoms with E-state index in [0.29, 0.717) is 5.92 Å². The molecule has 1 rings (SSSR count). The van der Waals surface area contributed by atoms with Crippen LogP contribution in [0.3, 0.4) is 0 Å². The molecular formula is C12H23N3O3. The van der Waals surface area contributed by atoms with Crippen molar-refractivity contribution in [3.05, 3.63) is 0 Å². The van der Waals surface area contributed by atoms with Crippen LogP contribution < -0.4 is 10.6 Å². The lowest BCUT2D eigenvalue weighted by Gasteiger charge is -2.36. The van der Waals surface area contributed by atoms with E-state index in [1.807, 2.05) is 11.8 Å². The molecule has 104 valence electrons. The maximum absolute atomic E-state index is 11.8. The van der Waals surface area contributed by atoms with E-state index in [-0.39, 0.29) is 18.1 Å². The lowest BCUT2D eigenvalue weighted by molar-refractivity contribution is -0.125. The number of aliphatic hydroxyl groups excluding tert-OH is 1. The van der Waals surface area contributed by atoms with Crippen LogP contribution in [-0.2, 0) is 4.79 Å². The fourth-order valence-electron chi connectivity index (χ4n) is 2.23. The molecule has 0 aromatic heterocycles. The molecule has 1 aliphatic heterocycles. The highest BCUT2D eigenvalue weighted by Crippen LogP contribution is 2.21. The molecule has 1 aliphatic rings. The second-order valence-corrected chi connectivity index (χ2v) is 4.86. The summed E-state index contributed by atoms with van der Waals surface area (Å²) in [6, 6.07) is -0.803. The number of carbonyl (C=O) groups excluding carboxylic acids is 2. The first-order valence-electron chi connectivity index (χ1n) is 6.40. The highest BCUT2D eigenvalue weighted by Gasteiger charge is 2.28. The summed E-state index contributed by atoms with van der Waals surface area (Å²) in [5, 5.41) is 14.1. The van der Waals surface area contributed by atoms with Crippen molar-refractivity contribution in [1.82, 2.24) is 15.5 Å². The first-order chi connectivity index (χ1) is 8.45. The number of nitrogens with one attached hydrogen (secondary N) is 2. The lowest BCUT2D eigenvalue weighted by Crippen LogP contribution is -2.51.